The zero-order valence-electron chi connectivity index (χ0n) is 13.3. The molecule has 0 aliphatic heterocycles. The third-order valence-corrected chi connectivity index (χ3v) is 3.88. The number of fused-ring (bicyclic) bond motifs is 1. The third kappa shape index (κ3) is 3.80. The minimum absolute atomic E-state index is 0.0741. The Balaban J connectivity index is 1.83. The van der Waals surface area contributed by atoms with Crippen LogP contribution in [-0.4, -0.2) is 28.6 Å². The lowest BCUT2D eigenvalue weighted by Gasteiger charge is -2.07. The van der Waals surface area contributed by atoms with Crippen molar-refractivity contribution in [3.8, 4) is 0 Å². The maximum atomic E-state index is 10.5. The first-order valence-corrected chi connectivity index (χ1v) is 7.87. The number of hydrogen-bond acceptors (Lipinski definition) is 6. The molecule has 3 N–H and O–H groups in total. The number of hydrogen-bond donors (Lipinski definition) is 2. The zero-order valence-corrected chi connectivity index (χ0v) is 13.3. The summed E-state index contributed by atoms with van der Waals surface area (Å²) in [6.07, 6.45) is 9.25. The highest BCUT2D eigenvalue weighted by atomic mass is 16.5. The molecule has 0 aromatic carbocycles. The van der Waals surface area contributed by atoms with Crippen molar-refractivity contribution in [3.05, 3.63) is 47.2 Å². The fourth-order valence-electron chi connectivity index (χ4n) is 2.60. The Hall–Kier alpha value is -2.67. The molecule has 1 saturated carbocycles. The number of aldehydes is 2. The van der Waals surface area contributed by atoms with Gasteiger partial charge in [0.2, 0.25) is 0 Å². The smallest absolute Gasteiger partial charge is 0.167 e. The first kappa shape index (κ1) is 16.2. The van der Waals surface area contributed by atoms with Crippen molar-refractivity contribution in [2.24, 2.45) is 5.73 Å². The molecule has 0 radical (unpaired) electrons. The van der Waals surface area contributed by atoms with Gasteiger partial charge >= 0.3 is 0 Å². The monoisotopic (exact) mass is 328 g/mol. The lowest BCUT2D eigenvalue weighted by atomic mass is 10.1. The van der Waals surface area contributed by atoms with E-state index >= 15 is 0 Å². The average molecular weight is 328 g/mol. The predicted octanol–water partition coefficient (Wildman–Crippen LogP) is 1.02. The van der Waals surface area contributed by atoms with E-state index in [2.05, 4.69) is 22.6 Å². The lowest BCUT2D eigenvalue weighted by molar-refractivity contribution is -0.112. The van der Waals surface area contributed by atoms with Crippen LogP contribution in [0.2, 0.25) is 0 Å². The molecule has 0 bridgehead atoms. The van der Waals surface area contributed by atoms with Gasteiger partial charge in [-0.2, -0.15) is 0 Å². The minimum atomic E-state index is 0.0741. The van der Waals surface area contributed by atoms with Crippen LogP contribution < -0.4 is 11.1 Å². The van der Waals surface area contributed by atoms with Crippen molar-refractivity contribution in [1.82, 2.24) is 14.7 Å². The summed E-state index contributed by atoms with van der Waals surface area (Å²) in [7, 11) is 0. The number of carbonyl (C=O) groups excluding carboxylic acids is 2. The molecule has 24 heavy (non-hydrogen) atoms. The van der Waals surface area contributed by atoms with Gasteiger partial charge in [0.05, 0.1) is 24.5 Å². The van der Waals surface area contributed by atoms with E-state index in [1.165, 1.54) is 24.6 Å². The second-order valence-electron chi connectivity index (χ2n) is 5.86. The molecule has 2 aromatic heterocycles. The highest BCUT2D eigenvalue weighted by Gasteiger charge is 2.25. The van der Waals surface area contributed by atoms with E-state index in [-0.39, 0.29) is 12.3 Å². The Morgan fingerprint density at radius 1 is 1.42 bits per heavy atom. The molecule has 0 unspecified atom stereocenters. The highest BCUT2D eigenvalue weighted by molar-refractivity contribution is 5.71. The standard InChI is InChI=1S/C17H20N4O3/c18-15(10-23)6-19-7-16-9-21-8-13(12-1-2-12)5-14(17(21)20-16)11-24-4-3-22/h3,5-6,8-10,12,19H,1-2,4,7,11,18H2/b15-6-. The number of allylic oxidation sites excluding steroid dienone is 1. The van der Waals surface area contributed by atoms with Crippen LogP contribution in [0.15, 0.2) is 30.4 Å². The van der Waals surface area contributed by atoms with Gasteiger partial charge in [-0.15, -0.1) is 0 Å². The highest BCUT2D eigenvalue weighted by Crippen LogP contribution is 2.40. The fourth-order valence-corrected chi connectivity index (χ4v) is 2.60. The van der Waals surface area contributed by atoms with E-state index in [0.29, 0.717) is 25.4 Å². The van der Waals surface area contributed by atoms with Gasteiger partial charge < -0.3 is 25.0 Å². The molecule has 7 nitrogen and oxygen atoms in total. The maximum absolute atomic E-state index is 10.5. The second kappa shape index (κ2) is 7.27. The van der Waals surface area contributed by atoms with Crippen molar-refractivity contribution in [2.75, 3.05) is 6.61 Å². The van der Waals surface area contributed by atoms with Gasteiger partial charge in [0.25, 0.3) is 0 Å². The molecule has 0 saturated heterocycles. The van der Waals surface area contributed by atoms with Crippen LogP contribution in [0.1, 0.15) is 35.6 Å². The number of ether oxygens (including phenoxy) is 1. The molecule has 3 rings (SSSR count). The van der Waals surface area contributed by atoms with Gasteiger partial charge in [0, 0.05) is 24.2 Å². The topological polar surface area (TPSA) is 98.7 Å². The van der Waals surface area contributed by atoms with Gasteiger partial charge in [-0.3, -0.25) is 4.79 Å². The number of carbonyl (C=O) groups is 2. The second-order valence-corrected chi connectivity index (χ2v) is 5.86. The Kier molecular flexibility index (Phi) is 4.90. The molecule has 2 heterocycles. The van der Waals surface area contributed by atoms with Gasteiger partial charge in [0.15, 0.2) is 6.29 Å². The number of pyridine rings is 1. The van der Waals surface area contributed by atoms with Crippen LogP contribution >= 0.6 is 0 Å². The van der Waals surface area contributed by atoms with Crippen LogP contribution in [0, 0.1) is 0 Å². The molecule has 2 aromatic rings. The Morgan fingerprint density at radius 2 is 2.25 bits per heavy atom. The number of nitrogens with one attached hydrogen (secondary N) is 1. The van der Waals surface area contributed by atoms with Crippen molar-refractivity contribution in [3.63, 3.8) is 0 Å². The van der Waals surface area contributed by atoms with E-state index < -0.39 is 0 Å². The lowest BCUT2D eigenvalue weighted by Crippen LogP contribution is -2.10. The molecule has 0 spiro atoms. The summed E-state index contributed by atoms with van der Waals surface area (Å²) in [5, 5.41) is 2.96. The van der Waals surface area contributed by atoms with Gasteiger partial charge in [-0.1, -0.05) is 0 Å². The van der Waals surface area contributed by atoms with Crippen molar-refractivity contribution in [2.45, 2.75) is 31.9 Å². The summed E-state index contributed by atoms with van der Waals surface area (Å²) < 4.78 is 7.36. The van der Waals surface area contributed by atoms with E-state index in [1.807, 2.05) is 10.6 Å². The number of rotatable bonds is 9. The molecular formula is C17H20N4O3. The fraction of sp³-hybridized carbons (Fsp3) is 0.353. The Morgan fingerprint density at radius 3 is 2.96 bits per heavy atom. The molecule has 0 atom stereocenters. The molecular weight excluding hydrogens is 308 g/mol. The Bertz CT molecular complexity index is 777. The largest absolute Gasteiger partial charge is 0.395 e. The van der Waals surface area contributed by atoms with E-state index in [9.17, 15) is 9.59 Å². The van der Waals surface area contributed by atoms with Gasteiger partial charge in [0.1, 0.15) is 18.5 Å². The summed E-state index contributed by atoms with van der Waals surface area (Å²) in [5.74, 6) is 0.610. The van der Waals surface area contributed by atoms with E-state index in [4.69, 9.17) is 10.5 Å². The molecule has 1 aliphatic rings. The van der Waals surface area contributed by atoms with Crippen LogP contribution in [0.3, 0.4) is 0 Å². The molecule has 1 fully saturated rings. The average Bonchev–Trinajstić information content (AvgIpc) is 3.35. The zero-order chi connectivity index (χ0) is 16.9. The predicted molar refractivity (Wildman–Crippen MR) is 88.1 cm³/mol. The van der Waals surface area contributed by atoms with Crippen LogP contribution in [0.25, 0.3) is 5.65 Å². The SMILES string of the molecule is N/C(C=O)=C\NCc1cn2cc(C3CC3)cc(COCC=O)c2n1. The quantitative estimate of drug-likeness (QED) is 0.405. The number of nitrogens with two attached hydrogens (primary N) is 1. The summed E-state index contributed by atoms with van der Waals surface area (Å²) in [6, 6.07) is 2.12. The molecule has 7 heteroatoms. The van der Waals surface area contributed by atoms with Crippen LogP contribution in [-0.2, 0) is 27.5 Å². The van der Waals surface area contributed by atoms with Crippen molar-refractivity contribution >= 4 is 18.2 Å². The van der Waals surface area contributed by atoms with Crippen molar-refractivity contribution < 1.29 is 14.3 Å². The normalized spacial score (nSPS) is 14.8. The maximum Gasteiger partial charge on any atom is 0.167 e. The molecule has 0 amide bonds. The van der Waals surface area contributed by atoms with E-state index in [0.717, 1.165) is 23.2 Å². The van der Waals surface area contributed by atoms with Crippen molar-refractivity contribution in [1.29, 1.82) is 0 Å². The minimum Gasteiger partial charge on any atom is -0.395 e. The number of nitrogens with zero attached hydrogens (tertiary/aromatic N) is 2. The van der Waals surface area contributed by atoms with Gasteiger partial charge in [-0.25, -0.2) is 4.98 Å². The summed E-state index contributed by atoms with van der Waals surface area (Å²) in [6.45, 7) is 0.888. The number of imidazole rings is 1. The Labute approximate surface area is 139 Å². The number of aromatic nitrogens is 2. The van der Waals surface area contributed by atoms with Crippen LogP contribution in [0.4, 0.5) is 0 Å². The third-order valence-electron chi connectivity index (χ3n) is 3.88. The van der Waals surface area contributed by atoms with E-state index in [1.54, 1.807) is 0 Å². The summed E-state index contributed by atoms with van der Waals surface area (Å²) in [5.41, 5.74) is 9.44. The van der Waals surface area contributed by atoms with Gasteiger partial charge in [-0.05, 0) is 30.4 Å². The first-order valence-electron chi connectivity index (χ1n) is 7.87. The summed E-state index contributed by atoms with van der Waals surface area (Å²) in [4.78, 5) is 25.5. The van der Waals surface area contributed by atoms with Crippen LogP contribution in [0.5, 0.6) is 0 Å². The molecule has 1 aliphatic carbocycles. The molecule has 126 valence electrons. The first-order chi connectivity index (χ1) is 11.7. The summed E-state index contributed by atoms with van der Waals surface area (Å²) >= 11 is 0.